The molecule has 0 aliphatic rings. The summed E-state index contributed by atoms with van der Waals surface area (Å²) in [6.07, 6.45) is 1.12. The largest absolute Gasteiger partial charge is 0.313 e. The van der Waals surface area contributed by atoms with Crippen molar-refractivity contribution in [1.29, 1.82) is 0 Å². The van der Waals surface area contributed by atoms with Gasteiger partial charge in [0, 0.05) is 21.4 Å². The molecule has 0 saturated carbocycles. The number of hydrogen-bond acceptors (Lipinski definition) is 2. The van der Waals surface area contributed by atoms with Crippen LogP contribution in [0.25, 0.3) is 0 Å². The number of nitrogens with one attached hydrogen (secondary N) is 1. The molecule has 106 valence electrons. The van der Waals surface area contributed by atoms with Crippen molar-refractivity contribution >= 4 is 35.0 Å². The summed E-state index contributed by atoms with van der Waals surface area (Å²) in [5.41, 5.74) is 1.20. The summed E-state index contributed by atoms with van der Waals surface area (Å²) in [6, 6.07) is 13.9. The van der Waals surface area contributed by atoms with Crippen molar-refractivity contribution in [3.63, 3.8) is 0 Å². The topological polar surface area (TPSA) is 12.0 Å². The Morgan fingerprint density at radius 1 is 1.05 bits per heavy atom. The van der Waals surface area contributed by atoms with Crippen molar-refractivity contribution in [3.8, 4) is 0 Å². The molecule has 1 nitrogen and oxygen atoms in total. The fourth-order valence-corrected chi connectivity index (χ4v) is 3.23. The summed E-state index contributed by atoms with van der Waals surface area (Å²) in [4.78, 5) is 2.25. The molecular formula is C16H17Cl2NS. The zero-order valence-corrected chi connectivity index (χ0v) is 13.7. The van der Waals surface area contributed by atoms with Gasteiger partial charge in [-0.25, -0.2) is 0 Å². The Morgan fingerprint density at radius 2 is 1.85 bits per heavy atom. The molecule has 0 aliphatic heterocycles. The van der Waals surface area contributed by atoms with Crippen LogP contribution in [0.3, 0.4) is 0 Å². The molecule has 0 bridgehead atoms. The lowest BCUT2D eigenvalue weighted by atomic mass is 10.2. The van der Waals surface area contributed by atoms with E-state index in [0.29, 0.717) is 0 Å². The standard InChI is InChI=1S/C16H17Cl2NS/c1-2-9-19-11-12-10-13(17)7-8-15(12)20-16-6-4-3-5-14(16)18/h3-8,10,19H,2,9,11H2,1H3. The molecule has 20 heavy (non-hydrogen) atoms. The molecule has 0 heterocycles. The Balaban J connectivity index is 2.20. The molecule has 0 spiro atoms. The van der Waals surface area contributed by atoms with Crippen LogP contribution in [0.4, 0.5) is 0 Å². The second-order valence-corrected chi connectivity index (χ2v) is 6.39. The molecule has 0 saturated heterocycles. The van der Waals surface area contributed by atoms with Crippen LogP contribution in [-0.2, 0) is 6.54 Å². The molecule has 2 rings (SSSR count). The van der Waals surface area contributed by atoms with Crippen LogP contribution in [0.5, 0.6) is 0 Å². The lowest BCUT2D eigenvalue weighted by molar-refractivity contribution is 0.669. The monoisotopic (exact) mass is 325 g/mol. The van der Waals surface area contributed by atoms with Crippen LogP contribution in [0.2, 0.25) is 10.0 Å². The Kier molecular flexibility index (Phi) is 6.24. The molecule has 2 aromatic carbocycles. The molecular weight excluding hydrogens is 309 g/mol. The molecule has 0 atom stereocenters. The number of rotatable bonds is 6. The Morgan fingerprint density at radius 3 is 2.60 bits per heavy atom. The van der Waals surface area contributed by atoms with Crippen LogP contribution in [0.1, 0.15) is 18.9 Å². The zero-order valence-electron chi connectivity index (χ0n) is 11.3. The van der Waals surface area contributed by atoms with Crippen LogP contribution < -0.4 is 5.32 Å². The van der Waals surface area contributed by atoms with E-state index in [9.17, 15) is 0 Å². The van der Waals surface area contributed by atoms with Crippen molar-refractivity contribution in [2.75, 3.05) is 6.54 Å². The fraction of sp³-hybridized carbons (Fsp3) is 0.250. The van der Waals surface area contributed by atoms with Crippen molar-refractivity contribution in [2.24, 2.45) is 0 Å². The van der Waals surface area contributed by atoms with E-state index in [4.69, 9.17) is 23.2 Å². The Labute approximate surface area is 134 Å². The van der Waals surface area contributed by atoms with E-state index < -0.39 is 0 Å². The highest BCUT2D eigenvalue weighted by Gasteiger charge is 2.07. The predicted molar refractivity (Wildman–Crippen MR) is 89.0 cm³/mol. The van der Waals surface area contributed by atoms with Crippen molar-refractivity contribution in [2.45, 2.75) is 29.7 Å². The summed E-state index contributed by atoms with van der Waals surface area (Å²) in [5, 5.41) is 4.96. The molecule has 0 radical (unpaired) electrons. The molecule has 0 aromatic heterocycles. The van der Waals surface area contributed by atoms with Gasteiger partial charge in [-0.3, -0.25) is 0 Å². The van der Waals surface area contributed by atoms with Gasteiger partial charge >= 0.3 is 0 Å². The van der Waals surface area contributed by atoms with Gasteiger partial charge < -0.3 is 5.32 Å². The highest BCUT2D eigenvalue weighted by atomic mass is 35.5. The highest BCUT2D eigenvalue weighted by Crippen LogP contribution is 2.35. The van der Waals surface area contributed by atoms with Crippen molar-refractivity contribution in [1.82, 2.24) is 5.32 Å². The fourth-order valence-electron chi connectivity index (χ4n) is 1.83. The van der Waals surface area contributed by atoms with Gasteiger partial charge in [0.25, 0.3) is 0 Å². The number of halogens is 2. The summed E-state index contributed by atoms with van der Waals surface area (Å²) in [7, 11) is 0. The van der Waals surface area contributed by atoms with Gasteiger partial charge in [-0.2, -0.15) is 0 Å². The highest BCUT2D eigenvalue weighted by molar-refractivity contribution is 7.99. The van der Waals surface area contributed by atoms with E-state index in [1.165, 1.54) is 10.5 Å². The lowest BCUT2D eigenvalue weighted by Crippen LogP contribution is -2.14. The van der Waals surface area contributed by atoms with Crippen LogP contribution in [0.15, 0.2) is 52.3 Å². The number of hydrogen-bond donors (Lipinski definition) is 1. The summed E-state index contributed by atoms with van der Waals surface area (Å²) >= 11 is 14.0. The van der Waals surface area contributed by atoms with E-state index in [0.717, 1.165) is 34.5 Å². The SMILES string of the molecule is CCCNCc1cc(Cl)ccc1Sc1ccccc1Cl. The molecule has 4 heteroatoms. The third kappa shape index (κ3) is 4.42. The first-order valence-corrected chi connectivity index (χ1v) is 8.19. The molecule has 0 fully saturated rings. The summed E-state index contributed by atoms with van der Waals surface area (Å²) in [5.74, 6) is 0. The van der Waals surface area contributed by atoms with Gasteiger partial charge in [-0.15, -0.1) is 0 Å². The van der Waals surface area contributed by atoms with E-state index in [-0.39, 0.29) is 0 Å². The zero-order chi connectivity index (χ0) is 14.4. The maximum Gasteiger partial charge on any atom is 0.0545 e. The molecule has 0 aliphatic carbocycles. The smallest absolute Gasteiger partial charge is 0.0545 e. The first-order chi connectivity index (χ1) is 9.70. The second kappa shape index (κ2) is 7.94. The Bertz CT molecular complexity index is 572. The average molecular weight is 326 g/mol. The Hall–Kier alpha value is -0.670. The predicted octanol–water partition coefficient (Wildman–Crippen LogP) is 5.64. The van der Waals surface area contributed by atoms with Crippen molar-refractivity contribution in [3.05, 3.63) is 58.1 Å². The minimum absolute atomic E-state index is 0.766. The van der Waals surface area contributed by atoms with Crippen LogP contribution in [0, 0.1) is 0 Å². The van der Waals surface area contributed by atoms with Crippen LogP contribution in [-0.4, -0.2) is 6.54 Å². The molecule has 1 N–H and O–H groups in total. The normalized spacial score (nSPS) is 10.8. The van der Waals surface area contributed by atoms with E-state index in [2.05, 4.69) is 18.3 Å². The van der Waals surface area contributed by atoms with Crippen molar-refractivity contribution < 1.29 is 0 Å². The maximum atomic E-state index is 6.22. The third-order valence-corrected chi connectivity index (χ3v) is 4.69. The van der Waals surface area contributed by atoms with Gasteiger partial charge in [0.15, 0.2) is 0 Å². The van der Waals surface area contributed by atoms with Gasteiger partial charge in [-0.1, -0.05) is 54.0 Å². The van der Waals surface area contributed by atoms with Gasteiger partial charge in [0.1, 0.15) is 0 Å². The lowest BCUT2D eigenvalue weighted by Gasteiger charge is -2.11. The van der Waals surface area contributed by atoms with Gasteiger partial charge in [-0.05, 0) is 48.9 Å². The number of benzene rings is 2. The minimum Gasteiger partial charge on any atom is -0.313 e. The summed E-state index contributed by atoms with van der Waals surface area (Å²) < 4.78 is 0. The van der Waals surface area contributed by atoms with E-state index in [1.807, 2.05) is 36.4 Å². The molecule has 0 unspecified atom stereocenters. The minimum atomic E-state index is 0.766. The maximum absolute atomic E-state index is 6.22. The molecule has 2 aromatic rings. The van der Waals surface area contributed by atoms with Gasteiger partial charge in [0.05, 0.1) is 5.02 Å². The second-order valence-electron chi connectivity index (χ2n) is 4.46. The first kappa shape index (κ1) is 15.7. The first-order valence-electron chi connectivity index (χ1n) is 6.62. The van der Waals surface area contributed by atoms with E-state index in [1.54, 1.807) is 11.8 Å². The average Bonchev–Trinajstić information content (AvgIpc) is 2.44. The molecule has 0 amide bonds. The van der Waals surface area contributed by atoms with E-state index >= 15 is 0 Å². The van der Waals surface area contributed by atoms with Crippen LogP contribution >= 0.6 is 35.0 Å². The van der Waals surface area contributed by atoms with Gasteiger partial charge in [0.2, 0.25) is 0 Å². The quantitative estimate of drug-likeness (QED) is 0.689. The summed E-state index contributed by atoms with van der Waals surface area (Å²) in [6.45, 7) is 3.98. The third-order valence-electron chi connectivity index (χ3n) is 2.82.